The summed E-state index contributed by atoms with van der Waals surface area (Å²) < 4.78 is 24.0. The number of nitrogens with one attached hydrogen (secondary N) is 1. The van der Waals surface area contributed by atoms with E-state index in [0.717, 1.165) is 22.0 Å². The third-order valence-corrected chi connectivity index (χ3v) is 5.33. The van der Waals surface area contributed by atoms with Crippen molar-refractivity contribution in [2.75, 3.05) is 6.26 Å². The molecule has 0 aliphatic heterocycles. The van der Waals surface area contributed by atoms with Gasteiger partial charge in [-0.15, -0.1) is 0 Å². The van der Waals surface area contributed by atoms with Crippen molar-refractivity contribution in [2.24, 2.45) is 0 Å². The lowest BCUT2D eigenvalue weighted by molar-refractivity contribution is -0.121. The molecular weight excluding hydrogens is 390 g/mol. The number of carbonyl (C=O) groups is 1. The molecule has 1 atom stereocenters. The van der Waals surface area contributed by atoms with Gasteiger partial charge in [0.15, 0.2) is 9.84 Å². The molecule has 0 unspecified atom stereocenters. The first-order chi connectivity index (χ1) is 11.3. The molecule has 0 aromatic heterocycles. The third-order valence-electron chi connectivity index (χ3n) is 3.71. The lowest BCUT2D eigenvalue weighted by Crippen LogP contribution is -2.29. The minimum Gasteiger partial charge on any atom is -0.349 e. The van der Waals surface area contributed by atoms with Crippen LogP contribution in [0.3, 0.4) is 0 Å². The molecule has 6 heteroatoms. The van der Waals surface area contributed by atoms with E-state index < -0.39 is 9.84 Å². The van der Waals surface area contributed by atoms with Crippen molar-refractivity contribution in [3.05, 3.63) is 64.1 Å². The van der Waals surface area contributed by atoms with Crippen LogP contribution in [0.2, 0.25) is 0 Å². The normalized spacial score (nSPS) is 12.6. The summed E-state index contributed by atoms with van der Waals surface area (Å²) in [6.07, 6.45) is 2.21. The molecule has 2 aromatic rings. The Labute approximate surface area is 151 Å². The molecular formula is C18H20BrNO3S. The number of hydrogen-bond donors (Lipinski definition) is 1. The highest BCUT2D eigenvalue weighted by Gasteiger charge is 2.14. The molecule has 1 amide bonds. The Morgan fingerprint density at radius 3 is 2.38 bits per heavy atom. The van der Waals surface area contributed by atoms with Crippen LogP contribution < -0.4 is 5.32 Å². The van der Waals surface area contributed by atoms with Crippen molar-refractivity contribution in [3.8, 4) is 0 Å². The number of halogens is 1. The van der Waals surface area contributed by atoms with E-state index in [4.69, 9.17) is 0 Å². The molecule has 0 bridgehead atoms. The summed E-state index contributed by atoms with van der Waals surface area (Å²) >= 11 is 3.40. The third kappa shape index (κ3) is 5.18. The highest BCUT2D eigenvalue weighted by atomic mass is 79.9. The maximum atomic E-state index is 12.3. The molecule has 128 valence electrons. The van der Waals surface area contributed by atoms with E-state index in [0.29, 0.717) is 6.42 Å². The van der Waals surface area contributed by atoms with Crippen LogP contribution in [-0.2, 0) is 21.1 Å². The van der Waals surface area contributed by atoms with Gasteiger partial charge in [-0.05, 0) is 41.8 Å². The number of hydrogen-bond acceptors (Lipinski definition) is 3. The van der Waals surface area contributed by atoms with Gasteiger partial charge in [0.25, 0.3) is 0 Å². The van der Waals surface area contributed by atoms with E-state index in [9.17, 15) is 13.2 Å². The molecule has 0 radical (unpaired) electrons. The fourth-order valence-electron chi connectivity index (χ4n) is 2.45. The maximum absolute atomic E-state index is 12.3. The van der Waals surface area contributed by atoms with E-state index in [2.05, 4.69) is 21.2 Å². The molecule has 1 N–H and O–H groups in total. The van der Waals surface area contributed by atoms with Crippen LogP contribution >= 0.6 is 15.9 Å². The van der Waals surface area contributed by atoms with Crippen molar-refractivity contribution >= 4 is 31.7 Å². The number of sulfone groups is 1. The van der Waals surface area contributed by atoms with Crippen LogP contribution in [0.5, 0.6) is 0 Å². The Bertz CT molecular complexity index is 816. The Morgan fingerprint density at radius 1 is 1.17 bits per heavy atom. The predicted octanol–water partition coefficient (Wildman–Crippen LogP) is 3.66. The molecule has 0 spiro atoms. The first kappa shape index (κ1) is 18.7. The van der Waals surface area contributed by atoms with Gasteiger partial charge < -0.3 is 5.32 Å². The molecule has 0 heterocycles. The molecule has 2 rings (SSSR count). The van der Waals surface area contributed by atoms with E-state index >= 15 is 0 Å². The summed E-state index contributed by atoms with van der Waals surface area (Å²) in [4.78, 5) is 12.5. The van der Waals surface area contributed by atoms with E-state index in [1.54, 1.807) is 24.3 Å². The molecule has 0 aliphatic carbocycles. The molecule has 24 heavy (non-hydrogen) atoms. The summed E-state index contributed by atoms with van der Waals surface area (Å²) in [5, 5.41) is 3.01. The average molecular weight is 410 g/mol. The summed E-state index contributed by atoms with van der Waals surface area (Å²) in [7, 11) is -3.21. The molecule has 0 saturated carbocycles. The van der Waals surface area contributed by atoms with Crippen LogP contribution in [0.25, 0.3) is 0 Å². The number of carbonyl (C=O) groups excluding carboxylic acids is 1. The summed E-state index contributed by atoms with van der Waals surface area (Å²) in [5.41, 5.74) is 1.83. The van der Waals surface area contributed by atoms with Gasteiger partial charge in [-0.25, -0.2) is 8.42 Å². The Balaban J connectivity index is 2.07. The Hall–Kier alpha value is -1.66. The number of benzene rings is 2. The van der Waals surface area contributed by atoms with E-state index in [1.165, 1.54) is 6.26 Å². The van der Waals surface area contributed by atoms with Crippen LogP contribution in [0.15, 0.2) is 57.9 Å². The zero-order valence-corrected chi connectivity index (χ0v) is 16.0. The second-order valence-electron chi connectivity index (χ2n) is 5.68. The highest BCUT2D eigenvalue weighted by molar-refractivity contribution is 9.10. The first-order valence-corrected chi connectivity index (χ1v) is 10.3. The largest absolute Gasteiger partial charge is 0.349 e. The van der Waals surface area contributed by atoms with Gasteiger partial charge in [-0.3, -0.25) is 4.79 Å². The van der Waals surface area contributed by atoms with Gasteiger partial charge in [-0.1, -0.05) is 47.1 Å². The topological polar surface area (TPSA) is 63.2 Å². The van der Waals surface area contributed by atoms with E-state index in [1.807, 2.05) is 31.2 Å². The standard InChI is InChI=1S/C18H20BrNO3S/c1-3-17(14-7-9-16(10-8-14)24(2,22)23)20-18(21)12-13-5-4-6-15(19)11-13/h4-11,17H,3,12H2,1-2H3,(H,20,21)/t17-/m0/s1. The fraction of sp³-hybridized carbons (Fsp3) is 0.278. The summed E-state index contributed by atoms with van der Waals surface area (Å²) in [6.45, 7) is 1.98. The number of amides is 1. The van der Waals surface area contributed by atoms with Gasteiger partial charge in [0.2, 0.25) is 5.91 Å². The molecule has 0 aliphatic rings. The zero-order chi connectivity index (χ0) is 17.7. The van der Waals surface area contributed by atoms with Gasteiger partial charge in [-0.2, -0.15) is 0 Å². The van der Waals surface area contributed by atoms with Gasteiger partial charge in [0.05, 0.1) is 17.4 Å². The van der Waals surface area contributed by atoms with Crippen LogP contribution in [0.1, 0.15) is 30.5 Å². The molecule has 4 nitrogen and oxygen atoms in total. The van der Waals surface area contributed by atoms with Crippen molar-refractivity contribution < 1.29 is 13.2 Å². The SMILES string of the molecule is CC[C@H](NC(=O)Cc1cccc(Br)c1)c1ccc(S(C)(=O)=O)cc1. The molecule has 0 fully saturated rings. The minimum atomic E-state index is -3.21. The second-order valence-corrected chi connectivity index (χ2v) is 8.61. The lowest BCUT2D eigenvalue weighted by Gasteiger charge is -2.18. The predicted molar refractivity (Wildman–Crippen MR) is 98.6 cm³/mol. The lowest BCUT2D eigenvalue weighted by atomic mass is 10.0. The van der Waals surface area contributed by atoms with Crippen molar-refractivity contribution in [1.29, 1.82) is 0 Å². The maximum Gasteiger partial charge on any atom is 0.224 e. The Morgan fingerprint density at radius 2 is 1.83 bits per heavy atom. The smallest absolute Gasteiger partial charge is 0.224 e. The highest BCUT2D eigenvalue weighted by Crippen LogP contribution is 2.20. The quantitative estimate of drug-likeness (QED) is 0.791. The van der Waals surface area contributed by atoms with Gasteiger partial charge >= 0.3 is 0 Å². The van der Waals surface area contributed by atoms with Crippen molar-refractivity contribution in [3.63, 3.8) is 0 Å². The van der Waals surface area contributed by atoms with Crippen molar-refractivity contribution in [1.82, 2.24) is 5.32 Å². The molecule has 2 aromatic carbocycles. The monoisotopic (exact) mass is 409 g/mol. The van der Waals surface area contributed by atoms with Gasteiger partial charge in [0, 0.05) is 10.7 Å². The molecule has 0 saturated heterocycles. The summed E-state index contributed by atoms with van der Waals surface area (Å²) in [6, 6.07) is 14.2. The second kappa shape index (κ2) is 7.94. The Kier molecular flexibility index (Phi) is 6.18. The first-order valence-electron chi connectivity index (χ1n) is 7.63. The van der Waals surface area contributed by atoms with Crippen LogP contribution in [0.4, 0.5) is 0 Å². The van der Waals surface area contributed by atoms with Crippen LogP contribution in [-0.4, -0.2) is 20.6 Å². The minimum absolute atomic E-state index is 0.0628. The van der Waals surface area contributed by atoms with Crippen LogP contribution in [0, 0.1) is 0 Å². The van der Waals surface area contributed by atoms with E-state index in [-0.39, 0.29) is 16.8 Å². The van der Waals surface area contributed by atoms with Crippen molar-refractivity contribution in [2.45, 2.75) is 30.7 Å². The average Bonchev–Trinajstić information content (AvgIpc) is 2.52. The summed E-state index contributed by atoms with van der Waals surface area (Å²) in [5.74, 6) is -0.0628. The fourth-order valence-corrected chi connectivity index (χ4v) is 3.52. The zero-order valence-electron chi connectivity index (χ0n) is 13.6. The number of rotatable bonds is 6. The van der Waals surface area contributed by atoms with Gasteiger partial charge in [0.1, 0.15) is 0 Å².